The number of hydrogen-bond acceptors (Lipinski definition) is 2. The SMILES string of the molecule is CC(C)CN(CCCN)C(=O)C1CCCC1C. The van der Waals surface area contributed by atoms with E-state index in [4.69, 9.17) is 5.73 Å². The molecule has 1 fully saturated rings. The van der Waals surface area contributed by atoms with E-state index in [2.05, 4.69) is 20.8 Å². The zero-order valence-corrected chi connectivity index (χ0v) is 11.6. The summed E-state index contributed by atoms with van der Waals surface area (Å²) in [6, 6.07) is 0. The molecule has 1 aliphatic rings. The van der Waals surface area contributed by atoms with Gasteiger partial charge in [0.15, 0.2) is 0 Å². The summed E-state index contributed by atoms with van der Waals surface area (Å²) in [5.41, 5.74) is 5.55. The molecule has 17 heavy (non-hydrogen) atoms. The lowest BCUT2D eigenvalue weighted by Crippen LogP contribution is -2.40. The van der Waals surface area contributed by atoms with Gasteiger partial charge in [0.05, 0.1) is 0 Å². The molecule has 0 aromatic heterocycles. The van der Waals surface area contributed by atoms with E-state index < -0.39 is 0 Å². The normalized spacial score (nSPS) is 24.3. The fourth-order valence-electron chi connectivity index (χ4n) is 2.76. The Balaban J connectivity index is 2.57. The first-order valence-corrected chi connectivity index (χ1v) is 7.05. The Labute approximate surface area is 106 Å². The van der Waals surface area contributed by atoms with Gasteiger partial charge in [-0.25, -0.2) is 0 Å². The Morgan fingerprint density at radius 2 is 2.12 bits per heavy atom. The van der Waals surface area contributed by atoms with Gasteiger partial charge in [-0.3, -0.25) is 4.79 Å². The minimum absolute atomic E-state index is 0.270. The van der Waals surface area contributed by atoms with Crippen LogP contribution in [0.25, 0.3) is 0 Å². The second-order valence-corrected chi connectivity index (χ2v) is 5.84. The Bertz CT molecular complexity index is 240. The molecule has 2 N–H and O–H groups in total. The third-order valence-electron chi connectivity index (χ3n) is 3.71. The lowest BCUT2D eigenvalue weighted by molar-refractivity contribution is -0.137. The maximum atomic E-state index is 12.5. The van der Waals surface area contributed by atoms with Crippen molar-refractivity contribution in [2.45, 2.75) is 46.5 Å². The molecule has 0 aliphatic heterocycles. The minimum atomic E-state index is 0.270. The average Bonchev–Trinajstić information content (AvgIpc) is 2.69. The van der Waals surface area contributed by atoms with Crippen molar-refractivity contribution in [2.75, 3.05) is 19.6 Å². The van der Waals surface area contributed by atoms with Gasteiger partial charge in [-0.05, 0) is 37.6 Å². The van der Waals surface area contributed by atoms with Crippen LogP contribution in [0.4, 0.5) is 0 Å². The van der Waals surface area contributed by atoms with Crippen molar-refractivity contribution in [3.05, 3.63) is 0 Å². The highest BCUT2D eigenvalue weighted by Crippen LogP contribution is 2.32. The lowest BCUT2D eigenvalue weighted by Gasteiger charge is -2.28. The molecule has 0 radical (unpaired) electrons. The summed E-state index contributed by atoms with van der Waals surface area (Å²) in [6.45, 7) is 8.93. The fraction of sp³-hybridized carbons (Fsp3) is 0.929. The molecule has 2 unspecified atom stereocenters. The molecule has 0 aromatic rings. The summed E-state index contributed by atoms with van der Waals surface area (Å²) < 4.78 is 0. The molecule has 0 saturated heterocycles. The molecule has 0 aromatic carbocycles. The highest BCUT2D eigenvalue weighted by molar-refractivity contribution is 5.79. The van der Waals surface area contributed by atoms with Gasteiger partial charge in [0.1, 0.15) is 0 Å². The number of nitrogens with two attached hydrogens (primary N) is 1. The molecule has 3 heteroatoms. The van der Waals surface area contributed by atoms with Crippen LogP contribution in [0.2, 0.25) is 0 Å². The highest BCUT2D eigenvalue weighted by Gasteiger charge is 2.32. The predicted molar refractivity (Wildman–Crippen MR) is 71.6 cm³/mol. The van der Waals surface area contributed by atoms with Gasteiger partial charge < -0.3 is 10.6 Å². The van der Waals surface area contributed by atoms with Gasteiger partial charge in [-0.15, -0.1) is 0 Å². The van der Waals surface area contributed by atoms with Crippen molar-refractivity contribution in [3.63, 3.8) is 0 Å². The van der Waals surface area contributed by atoms with E-state index >= 15 is 0 Å². The summed E-state index contributed by atoms with van der Waals surface area (Å²) in [5, 5.41) is 0. The van der Waals surface area contributed by atoms with Gasteiger partial charge in [0, 0.05) is 19.0 Å². The highest BCUT2D eigenvalue weighted by atomic mass is 16.2. The van der Waals surface area contributed by atoms with E-state index in [0.29, 0.717) is 24.3 Å². The van der Waals surface area contributed by atoms with Crippen LogP contribution in [0.1, 0.15) is 46.5 Å². The minimum Gasteiger partial charge on any atom is -0.342 e. The molecule has 1 saturated carbocycles. The molecule has 3 nitrogen and oxygen atoms in total. The van der Waals surface area contributed by atoms with Crippen LogP contribution < -0.4 is 5.73 Å². The lowest BCUT2D eigenvalue weighted by atomic mass is 9.96. The van der Waals surface area contributed by atoms with Crippen LogP contribution >= 0.6 is 0 Å². The van der Waals surface area contributed by atoms with Crippen molar-refractivity contribution in [1.82, 2.24) is 4.90 Å². The molecule has 100 valence electrons. The van der Waals surface area contributed by atoms with Crippen LogP contribution in [-0.2, 0) is 4.79 Å². The van der Waals surface area contributed by atoms with Crippen LogP contribution in [0.3, 0.4) is 0 Å². The number of rotatable bonds is 6. The standard InChI is InChI=1S/C14H28N2O/c1-11(2)10-16(9-5-8-15)14(17)13-7-4-6-12(13)3/h11-13H,4-10,15H2,1-3H3. The average molecular weight is 240 g/mol. The Morgan fingerprint density at radius 3 is 2.59 bits per heavy atom. The van der Waals surface area contributed by atoms with Gasteiger partial charge in [0.2, 0.25) is 5.91 Å². The summed E-state index contributed by atoms with van der Waals surface area (Å²) in [5.74, 6) is 1.74. The molecule has 0 bridgehead atoms. The Kier molecular flexibility index (Phi) is 5.96. The van der Waals surface area contributed by atoms with Crippen molar-refractivity contribution < 1.29 is 4.79 Å². The molecular formula is C14H28N2O. The number of nitrogens with zero attached hydrogens (tertiary/aromatic N) is 1. The third-order valence-corrected chi connectivity index (χ3v) is 3.71. The molecule has 0 spiro atoms. The van der Waals surface area contributed by atoms with E-state index in [1.165, 1.54) is 12.8 Å². The number of hydrogen-bond donors (Lipinski definition) is 1. The second kappa shape index (κ2) is 7.00. The topological polar surface area (TPSA) is 46.3 Å². The van der Waals surface area contributed by atoms with Crippen molar-refractivity contribution in [2.24, 2.45) is 23.5 Å². The summed E-state index contributed by atoms with van der Waals surface area (Å²) in [6.07, 6.45) is 4.42. The largest absolute Gasteiger partial charge is 0.342 e. The van der Waals surface area contributed by atoms with Crippen LogP contribution in [0.15, 0.2) is 0 Å². The van der Waals surface area contributed by atoms with E-state index in [-0.39, 0.29) is 5.92 Å². The number of carbonyl (C=O) groups is 1. The van der Waals surface area contributed by atoms with E-state index in [1.807, 2.05) is 4.90 Å². The zero-order chi connectivity index (χ0) is 12.8. The van der Waals surface area contributed by atoms with E-state index in [1.54, 1.807) is 0 Å². The number of carbonyl (C=O) groups excluding carboxylic acids is 1. The molecule has 1 rings (SSSR count). The van der Waals surface area contributed by atoms with Crippen LogP contribution in [-0.4, -0.2) is 30.4 Å². The van der Waals surface area contributed by atoms with Crippen molar-refractivity contribution >= 4 is 5.91 Å². The maximum Gasteiger partial charge on any atom is 0.225 e. The zero-order valence-electron chi connectivity index (χ0n) is 11.6. The van der Waals surface area contributed by atoms with Crippen LogP contribution in [0.5, 0.6) is 0 Å². The van der Waals surface area contributed by atoms with Crippen molar-refractivity contribution in [1.29, 1.82) is 0 Å². The first-order valence-electron chi connectivity index (χ1n) is 7.05. The van der Waals surface area contributed by atoms with Gasteiger partial charge in [0.25, 0.3) is 0 Å². The first-order chi connectivity index (χ1) is 8.06. The molecule has 2 atom stereocenters. The summed E-state index contributed by atoms with van der Waals surface area (Å²) >= 11 is 0. The van der Waals surface area contributed by atoms with Gasteiger partial charge in [-0.1, -0.05) is 27.2 Å². The fourth-order valence-corrected chi connectivity index (χ4v) is 2.76. The third kappa shape index (κ3) is 4.30. The van der Waals surface area contributed by atoms with Gasteiger partial charge in [-0.2, -0.15) is 0 Å². The molecular weight excluding hydrogens is 212 g/mol. The first kappa shape index (κ1) is 14.5. The quantitative estimate of drug-likeness (QED) is 0.774. The number of amides is 1. The van der Waals surface area contributed by atoms with Crippen LogP contribution in [0, 0.1) is 17.8 Å². The Morgan fingerprint density at radius 1 is 1.41 bits per heavy atom. The molecule has 1 aliphatic carbocycles. The maximum absolute atomic E-state index is 12.5. The van der Waals surface area contributed by atoms with Gasteiger partial charge >= 0.3 is 0 Å². The second-order valence-electron chi connectivity index (χ2n) is 5.84. The monoisotopic (exact) mass is 240 g/mol. The summed E-state index contributed by atoms with van der Waals surface area (Å²) in [4.78, 5) is 14.5. The Hall–Kier alpha value is -0.570. The van der Waals surface area contributed by atoms with E-state index in [0.717, 1.165) is 25.9 Å². The molecule has 1 amide bonds. The van der Waals surface area contributed by atoms with Crippen molar-refractivity contribution in [3.8, 4) is 0 Å². The smallest absolute Gasteiger partial charge is 0.225 e. The molecule has 0 heterocycles. The van der Waals surface area contributed by atoms with E-state index in [9.17, 15) is 4.79 Å². The predicted octanol–water partition coefficient (Wildman–Crippen LogP) is 2.26. The summed E-state index contributed by atoms with van der Waals surface area (Å²) in [7, 11) is 0.